The molecular weight excluding hydrogens is 321 g/mol. The number of nitrogens with one attached hydrogen (secondary N) is 1. The maximum absolute atomic E-state index is 10.7. The number of H-pyrrole nitrogens is 1. The van der Waals surface area contributed by atoms with E-state index in [-0.39, 0.29) is 5.88 Å². The van der Waals surface area contributed by atoms with Crippen LogP contribution in [0.5, 0.6) is 5.88 Å². The minimum absolute atomic E-state index is 0.0815. The number of azo groups is 1. The first-order valence-corrected chi connectivity index (χ1v) is 5.58. The Morgan fingerprint density at radius 2 is 2.25 bits per heavy atom. The van der Waals surface area contributed by atoms with Gasteiger partial charge in [0, 0.05) is 15.9 Å². The molecule has 0 spiro atoms. The van der Waals surface area contributed by atoms with Crippen LogP contribution in [0.4, 0.5) is 5.69 Å². The van der Waals surface area contributed by atoms with Gasteiger partial charge in [0.1, 0.15) is 0 Å². The summed E-state index contributed by atoms with van der Waals surface area (Å²) in [5.74, 6) is -0.485. The lowest BCUT2D eigenvalue weighted by Gasteiger charge is -1.92. The van der Waals surface area contributed by atoms with E-state index >= 15 is 0 Å². The summed E-state index contributed by atoms with van der Waals surface area (Å²) < 4.78 is 1.02. The molecule has 0 bridgehead atoms. The van der Waals surface area contributed by atoms with Crippen LogP contribution in [0.25, 0.3) is 10.9 Å². The molecule has 82 valence electrons. The minimum atomic E-state index is -0.403. The monoisotopic (exact) mass is 329 g/mol. The average Bonchev–Trinajstić information content (AvgIpc) is 2.51. The number of hydrogen-bond acceptors (Lipinski definition) is 3. The highest BCUT2D eigenvalue weighted by Crippen LogP contribution is 2.36. The number of amides is 1. The Bertz CT molecular complexity index is 589. The second-order valence-corrected chi connectivity index (χ2v) is 4.48. The Balaban J connectivity index is 2.62. The number of halogens is 1. The summed E-state index contributed by atoms with van der Waals surface area (Å²) >= 11 is 2.16. The van der Waals surface area contributed by atoms with Gasteiger partial charge in [0.05, 0.1) is 5.52 Å². The van der Waals surface area contributed by atoms with E-state index in [0.29, 0.717) is 5.69 Å². The van der Waals surface area contributed by atoms with Crippen molar-refractivity contribution < 1.29 is 9.90 Å². The van der Waals surface area contributed by atoms with Gasteiger partial charge in [0.15, 0.2) is 5.69 Å². The van der Waals surface area contributed by atoms with E-state index in [4.69, 9.17) is 0 Å². The fraction of sp³-hybridized carbons (Fsp3) is 0.100. The summed E-state index contributed by atoms with van der Waals surface area (Å²) in [7, 11) is 0. The first-order chi connectivity index (χ1) is 7.58. The SMILES string of the molecule is CC(=O)N=Nc1c(O)[nH]c2ccc(I)cc12. The molecule has 1 aromatic carbocycles. The summed E-state index contributed by atoms with van der Waals surface area (Å²) in [6, 6.07) is 5.61. The zero-order valence-electron chi connectivity index (χ0n) is 8.36. The van der Waals surface area contributed by atoms with Gasteiger partial charge in [-0.2, -0.15) is 0 Å². The molecule has 0 aliphatic carbocycles. The number of nitrogens with zero attached hydrogens (tertiary/aromatic N) is 2. The lowest BCUT2D eigenvalue weighted by atomic mass is 10.2. The standard InChI is InChI=1S/C10H8IN3O2/c1-5(15)13-14-9-7-4-6(11)2-3-8(7)12-10(9)16/h2-4,12,16H,1H3. The van der Waals surface area contributed by atoms with Crippen LogP contribution in [0.1, 0.15) is 6.92 Å². The third-order valence-corrected chi connectivity index (χ3v) is 2.68. The number of benzene rings is 1. The van der Waals surface area contributed by atoms with Crippen LogP contribution in [0, 0.1) is 3.57 Å². The van der Waals surface area contributed by atoms with Gasteiger partial charge in [0.25, 0.3) is 5.91 Å². The highest BCUT2D eigenvalue weighted by atomic mass is 127. The predicted octanol–water partition coefficient (Wildman–Crippen LogP) is 3.11. The normalized spacial score (nSPS) is 11.4. The minimum Gasteiger partial charge on any atom is -0.493 e. The topological polar surface area (TPSA) is 77.8 Å². The molecule has 0 radical (unpaired) electrons. The van der Waals surface area contributed by atoms with Gasteiger partial charge in [-0.1, -0.05) is 0 Å². The molecule has 1 amide bonds. The first-order valence-electron chi connectivity index (χ1n) is 4.50. The highest BCUT2D eigenvalue weighted by Gasteiger charge is 2.10. The Kier molecular flexibility index (Phi) is 2.90. The van der Waals surface area contributed by atoms with Crippen LogP contribution in [0.2, 0.25) is 0 Å². The zero-order chi connectivity index (χ0) is 11.7. The first kappa shape index (κ1) is 11.1. The molecule has 2 aromatic rings. The Morgan fingerprint density at radius 1 is 1.50 bits per heavy atom. The smallest absolute Gasteiger partial charge is 0.261 e. The molecule has 1 heterocycles. The van der Waals surface area contributed by atoms with E-state index in [1.165, 1.54) is 6.92 Å². The summed E-state index contributed by atoms with van der Waals surface area (Å²) in [6.07, 6.45) is 0. The number of aromatic hydroxyl groups is 1. The molecule has 2 N–H and O–H groups in total. The highest BCUT2D eigenvalue weighted by molar-refractivity contribution is 14.1. The summed E-state index contributed by atoms with van der Waals surface area (Å²) in [4.78, 5) is 13.5. The molecule has 16 heavy (non-hydrogen) atoms. The molecule has 6 heteroatoms. The second kappa shape index (κ2) is 4.20. The fourth-order valence-corrected chi connectivity index (χ4v) is 1.85. The Labute approximate surface area is 105 Å². The molecule has 0 unspecified atom stereocenters. The van der Waals surface area contributed by atoms with Crippen LogP contribution >= 0.6 is 22.6 Å². The quantitative estimate of drug-likeness (QED) is 0.623. The molecule has 0 fully saturated rings. The average molecular weight is 329 g/mol. The molecule has 0 saturated heterocycles. The van der Waals surface area contributed by atoms with Gasteiger partial charge in [-0.05, 0) is 40.8 Å². The Hall–Kier alpha value is -1.44. The summed E-state index contributed by atoms with van der Waals surface area (Å²) in [5.41, 5.74) is 1.05. The third kappa shape index (κ3) is 2.06. The number of aromatic amines is 1. The van der Waals surface area contributed by atoms with Crippen molar-refractivity contribution in [1.29, 1.82) is 0 Å². The number of rotatable bonds is 1. The molecule has 0 aliphatic heterocycles. The number of fused-ring (bicyclic) bond motifs is 1. The van der Waals surface area contributed by atoms with Gasteiger partial charge >= 0.3 is 0 Å². The van der Waals surface area contributed by atoms with Crippen LogP contribution in [0.15, 0.2) is 28.4 Å². The van der Waals surface area contributed by atoms with Gasteiger partial charge in [-0.25, -0.2) is 0 Å². The van der Waals surface area contributed by atoms with Crippen molar-refractivity contribution >= 4 is 45.1 Å². The van der Waals surface area contributed by atoms with Crippen molar-refractivity contribution in [3.63, 3.8) is 0 Å². The number of hydrogen-bond donors (Lipinski definition) is 2. The maximum atomic E-state index is 10.7. The number of aromatic nitrogens is 1. The van der Waals surface area contributed by atoms with Crippen molar-refractivity contribution in [2.75, 3.05) is 0 Å². The zero-order valence-corrected chi connectivity index (χ0v) is 10.5. The fourth-order valence-electron chi connectivity index (χ4n) is 1.36. The van der Waals surface area contributed by atoms with Crippen molar-refractivity contribution in [2.24, 2.45) is 10.2 Å². The van der Waals surface area contributed by atoms with Crippen LogP contribution in [-0.2, 0) is 4.79 Å². The van der Waals surface area contributed by atoms with Crippen molar-refractivity contribution in [1.82, 2.24) is 4.98 Å². The van der Waals surface area contributed by atoms with E-state index in [9.17, 15) is 9.90 Å². The predicted molar refractivity (Wildman–Crippen MR) is 67.9 cm³/mol. The van der Waals surface area contributed by atoms with Crippen LogP contribution < -0.4 is 0 Å². The van der Waals surface area contributed by atoms with Gasteiger partial charge < -0.3 is 10.1 Å². The van der Waals surface area contributed by atoms with Crippen LogP contribution in [0.3, 0.4) is 0 Å². The maximum Gasteiger partial charge on any atom is 0.261 e. The van der Waals surface area contributed by atoms with E-state index in [1.54, 1.807) is 0 Å². The second-order valence-electron chi connectivity index (χ2n) is 3.23. The summed E-state index contributed by atoms with van der Waals surface area (Å²) in [6.45, 7) is 1.30. The molecular formula is C10H8IN3O2. The van der Waals surface area contributed by atoms with E-state index in [1.807, 2.05) is 18.2 Å². The van der Waals surface area contributed by atoms with Crippen molar-refractivity contribution in [3.05, 3.63) is 21.8 Å². The third-order valence-electron chi connectivity index (χ3n) is 2.00. The van der Waals surface area contributed by atoms with E-state index < -0.39 is 5.91 Å². The molecule has 2 rings (SSSR count). The van der Waals surface area contributed by atoms with Crippen molar-refractivity contribution in [3.8, 4) is 5.88 Å². The van der Waals surface area contributed by atoms with E-state index in [2.05, 4.69) is 37.8 Å². The van der Waals surface area contributed by atoms with Gasteiger partial charge in [-0.15, -0.1) is 10.2 Å². The van der Waals surface area contributed by atoms with Crippen molar-refractivity contribution in [2.45, 2.75) is 6.92 Å². The molecule has 1 aromatic heterocycles. The number of carbonyl (C=O) groups is 1. The van der Waals surface area contributed by atoms with Gasteiger partial charge in [-0.3, -0.25) is 4.79 Å². The van der Waals surface area contributed by atoms with E-state index in [0.717, 1.165) is 14.5 Å². The lowest BCUT2D eigenvalue weighted by molar-refractivity contribution is -0.116. The molecule has 0 saturated carbocycles. The molecule has 5 nitrogen and oxygen atoms in total. The Morgan fingerprint density at radius 3 is 2.94 bits per heavy atom. The van der Waals surface area contributed by atoms with Gasteiger partial charge in [0.2, 0.25) is 5.88 Å². The molecule has 0 aliphatic rings. The largest absolute Gasteiger partial charge is 0.493 e. The van der Waals surface area contributed by atoms with Crippen LogP contribution in [-0.4, -0.2) is 16.0 Å². The summed E-state index contributed by atoms with van der Waals surface area (Å²) in [5, 5.41) is 17.5. The molecule has 0 atom stereocenters. The number of carbonyl (C=O) groups excluding carboxylic acids is 1. The lowest BCUT2D eigenvalue weighted by Crippen LogP contribution is -1.77.